The fourth-order valence-corrected chi connectivity index (χ4v) is 4.51. The maximum atomic E-state index is 6.37. The summed E-state index contributed by atoms with van der Waals surface area (Å²) in [5, 5.41) is 4.30. The van der Waals surface area contributed by atoms with E-state index in [1.54, 1.807) is 11.3 Å². The van der Waals surface area contributed by atoms with Crippen LogP contribution in [0.3, 0.4) is 0 Å². The van der Waals surface area contributed by atoms with Crippen LogP contribution in [0.2, 0.25) is 0 Å². The molecule has 0 bridgehead atoms. The lowest BCUT2D eigenvalue weighted by atomic mass is 10.0. The number of ether oxygens (including phenoxy) is 1. The van der Waals surface area contributed by atoms with Crippen molar-refractivity contribution in [1.29, 1.82) is 0 Å². The van der Waals surface area contributed by atoms with Crippen molar-refractivity contribution in [2.24, 2.45) is 0 Å². The molecule has 0 saturated heterocycles. The Hall–Kier alpha value is -2.08. The van der Waals surface area contributed by atoms with E-state index < -0.39 is 0 Å². The first-order valence-electron chi connectivity index (χ1n) is 8.11. The van der Waals surface area contributed by atoms with Crippen molar-refractivity contribution < 1.29 is 4.74 Å². The smallest absolute Gasteiger partial charge is 0.196 e. The van der Waals surface area contributed by atoms with Crippen LogP contribution in [0.15, 0.2) is 76.6 Å². The van der Waals surface area contributed by atoms with Crippen LogP contribution in [-0.2, 0) is 0 Å². The van der Waals surface area contributed by atoms with Crippen LogP contribution in [-0.4, -0.2) is 5.01 Å². The Bertz CT molecular complexity index is 954. The van der Waals surface area contributed by atoms with Gasteiger partial charge in [-0.25, -0.2) is 0 Å². The molecule has 3 nitrogen and oxygen atoms in total. The lowest BCUT2D eigenvalue weighted by molar-refractivity contribution is -0.0326. The predicted molar refractivity (Wildman–Crippen MR) is 104 cm³/mol. The van der Waals surface area contributed by atoms with Crippen molar-refractivity contribution in [3.63, 3.8) is 0 Å². The van der Waals surface area contributed by atoms with E-state index in [9.17, 15) is 0 Å². The molecule has 0 unspecified atom stereocenters. The van der Waals surface area contributed by atoms with Crippen molar-refractivity contribution in [2.75, 3.05) is 0 Å². The molecule has 2 atom stereocenters. The van der Waals surface area contributed by atoms with Gasteiger partial charge in [-0.3, -0.25) is 0 Å². The molecule has 1 N–H and O–H groups in total. The summed E-state index contributed by atoms with van der Waals surface area (Å²) in [6, 6.07) is 20.9. The van der Waals surface area contributed by atoms with Gasteiger partial charge in [0.25, 0.3) is 0 Å². The number of nitrogens with one attached hydrogen (secondary N) is 1. The van der Waals surface area contributed by atoms with Gasteiger partial charge in [0.15, 0.2) is 6.23 Å². The Labute approximate surface area is 158 Å². The number of fused-ring (bicyclic) bond motifs is 3. The van der Waals surface area contributed by atoms with Crippen molar-refractivity contribution in [3.05, 3.63) is 92.6 Å². The van der Waals surface area contributed by atoms with Gasteiger partial charge in [0, 0.05) is 15.6 Å². The zero-order valence-electron chi connectivity index (χ0n) is 13.2. The average molecular weight is 411 g/mol. The molecular weight excluding hydrogens is 396 g/mol. The molecule has 2 aromatic carbocycles. The number of rotatable bonds is 2. The molecule has 25 heavy (non-hydrogen) atoms. The molecule has 0 radical (unpaired) electrons. The number of nitrogens with zero attached hydrogens (tertiary/aromatic N) is 1. The lowest BCUT2D eigenvalue weighted by Gasteiger charge is -2.38. The Balaban J connectivity index is 1.61. The highest BCUT2D eigenvalue weighted by Crippen LogP contribution is 2.46. The largest absolute Gasteiger partial charge is 0.469 e. The summed E-state index contributed by atoms with van der Waals surface area (Å²) in [5.41, 5.74) is 7.01. The van der Waals surface area contributed by atoms with Gasteiger partial charge in [0.05, 0.1) is 16.6 Å². The minimum atomic E-state index is -0.189. The van der Waals surface area contributed by atoms with Crippen molar-refractivity contribution in [3.8, 4) is 5.75 Å². The second kappa shape index (κ2) is 6.02. The van der Waals surface area contributed by atoms with Crippen LogP contribution in [0.25, 0.3) is 5.70 Å². The van der Waals surface area contributed by atoms with Gasteiger partial charge < -0.3 is 10.2 Å². The molecule has 3 aromatic rings. The van der Waals surface area contributed by atoms with Crippen molar-refractivity contribution in [2.45, 2.75) is 12.3 Å². The molecule has 0 fully saturated rings. The third-order valence-electron chi connectivity index (χ3n) is 4.52. The molecule has 0 saturated carbocycles. The Morgan fingerprint density at radius 2 is 1.96 bits per heavy atom. The van der Waals surface area contributed by atoms with Crippen LogP contribution >= 0.6 is 27.3 Å². The monoisotopic (exact) mass is 410 g/mol. The minimum absolute atomic E-state index is 0.144. The average Bonchev–Trinajstić information content (AvgIpc) is 3.30. The van der Waals surface area contributed by atoms with Crippen LogP contribution in [0, 0.1) is 0 Å². The Morgan fingerprint density at radius 3 is 2.80 bits per heavy atom. The number of hydrogen-bond donors (Lipinski definition) is 1. The summed E-state index contributed by atoms with van der Waals surface area (Å²) in [4.78, 5) is 1.24. The number of hydrogen-bond acceptors (Lipinski definition) is 4. The van der Waals surface area contributed by atoms with Crippen LogP contribution in [0.4, 0.5) is 0 Å². The molecule has 5 heteroatoms. The van der Waals surface area contributed by atoms with E-state index in [0.29, 0.717) is 0 Å². The number of thiophene rings is 1. The van der Waals surface area contributed by atoms with E-state index in [4.69, 9.17) is 4.74 Å². The van der Waals surface area contributed by atoms with E-state index in [2.05, 4.69) is 80.3 Å². The summed E-state index contributed by atoms with van der Waals surface area (Å²) in [7, 11) is 0. The Kier molecular flexibility index (Phi) is 3.66. The van der Waals surface area contributed by atoms with E-state index in [1.165, 1.54) is 10.4 Å². The fraction of sp³-hybridized carbons (Fsp3) is 0.100. The van der Waals surface area contributed by atoms with Gasteiger partial charge in [0.1, 0.15) is 5.75 Å². The van der Waals surface area contributed by atoms with Gasteiger partial charge in [-0.05, 0) is 35.7 Å². The summed E-state index contributed by atoms with van der Waals surface area (Å²) < 4.78 is 7.42. The maximum Gasteiger partial charge on any atom is 0.196 e. The van der Waals surface area contributed by atoms with E-state index >= 15 is 0 Å². The second-order valence-electron chi connectivity index (χ2n) is 6.08. The quantitative estimate of drug-likeness (QED) is 0.602. The topological polar surface area (TPSA) is 24.5 Å². The molecule has 5 rings (SSSR count). The highest BCUT2D eigenvalue weighted by Gasteiger charge is 2.40. The predicted octanol–water partition coefficient (Wildman–Crippen LogP) is 5.50. The third kappa shape index (κ3) is 2.59. The van der Waals surface area contributed by atoms with Crippen LogP contribution in [0.5, 0.6) is 5.75 Å². The number of benzene rings is 2. The normalized spacial score (nSPS) is 21.7. The van der Waals surface area contributed by atoms with Gasteiger partial charge in [0.2, 0.25) is 0 Å². The number of para-hydroxylation sites is 1. The molecule has 0 aliphatic carbocycles. The first-order valence-corrected chi connectivity index (χ1v) is 9.78. The van der Waals surface area contributed by atoms with Crippen LogP contribution in [0.1, 0.15) is 28.3 Å². The molecule has 2 aliphatic heterocycles. The first-order chi connectivity index (χ1) is 12.3. The highest BCUT2D eigenvalue weighted by molar-refractivity contribution is 9.10. The standard InChI is InChI=1S/C20H15BrN2OS/c21-14-6-3-5-13(11-14)20-23-17(15-7-1-2-8-18(15)24-20)12-16(22-23)19-9-4-10-25-19/h1-12,17,20,22H/t17-,20+/m1/s1. The van der Waals surface area contributed by atoms with Crippen molar-refractivity contribution in [1.82, 2.24) is 10.4 Å². The maximum absolute atomic E-state index is 6.37. The van der Waals surface area contributed by atoms with Crippen LogP contribution < -0.4 is 10.2 Å². The summed E-state index contributed by atoms with van der Waals surface area (Å²) in [6.45, 7) is 0. The fourth-order valence-electron chi connectivity index (χ4n) is 3.40. The Morgan fingerprint density at radius 1 is 1.04 bits per heavy atom. The van der Waals surface area contributed by atoms with Crippen molar-refractivity contribution >= 4 is 33.0 Å². The SMILES string of the molecule is Brc1cccc([C@@H]2Oc3ccccc3[C@H]3C=C(c4cccs4)NN32)c1. The molecule has 124 valence electrons. The highest BCUT2D eigenvalue weighted by atomic mass is 79.9. The van der Waals surface area contributed by atoms with Gasteiger partial charge in [-0.15, -0.1) is 11.3 Å². The summed E-state index contributed by atoms with van der Waals surface area (Å²) in [5.74, 6) is 0.944. The van der Waals surface area contributed by atoms with Gasteiger partial charge >= 0.3 is 0 Å². The molecule has 1 aromatic heterocycles. The van der Waals surface area contributed by atoms with Gasteiger partial charge in [-0.2, -0.15) is 5.01 Å². The molecular formula is C20H15BrN2OS. The van der Waals surface area contributed by atoms with E-state index in [0.717, 1.165) is 21.5 Å². The lowest BCUT2D eigenvalue weighted by Crippen LogP contribution is -2.43. The first kappa shape index (κ1) is 15.2. The summed E-state index contributed by atoms with van der Waals surface area (Å²) >= 11 is 5.31. The number of halogens is 1. The van der Waals surface area contributed by atoms with Gasteiger partial charge in [-0.1, -0.05) is 52.3 Å². The third-order valence-corrected chi connectivity index (χ3v) is 5.92. The zero-order valence-corrected chi connectivity index (χ0v) is 15.6. The minimum Gasteiger partial charge on any atom is -0.469 e. The second-order valence-corrected chi connectivity index (χ2v) is 7.95. The van der Waals surface area contributed by atoms with E-state index in [1.807, 2.05) is 18.2 Å². The molecule has 0 amide bonds. The number of hydrazine groups is 1. The molecule has 0 spiro atoms. The zero-order chi connectivity index (χ0) is 16.8. The molecule has 2 aliphatic rings. The van der Waals surface area contributed by atoms with E-state index in [-0.39, 0.29) is 12.3 Å². The summed E-state index contributed by atoms with van der Waals surface area (Å²) in [6.07, 6.45) is 2.10. The molecule has 3 heterocycles.